The molecule has 0 aliphatic carbocycles. The van der Waals surface area contributed by atoms with Gasteiger partial charge in [0, 0.05) is 25.7 Å². The minimum absolute atomic E-state index is 0.139. The molecule has 29 heavy (non-hydrogen) atoms. The number of hydrogen-bond donors (Lipinski definition) is 1. The second-order valence-electron chi connectivity index (χ2n) is 7.33. The van der Waals surface area contributed by atoms with Gasteiger partial charge in [-0.25, -0.2) is 8.42 Å². The van der Waals surface area contributed by atoms with Crippen LogP contribution in [0, 0.1) is 0 Å². The van der Waals surface area contributed by atoms with Crippen molar-refractivity contribution in [2.24, 2.45) is 0 Å². The highest BCUT2D eigenvalue weighted by Crippen LogP contribution is 2.25. The molecular formula is C23H26N2O3S. The molecule has 0 spiro atoms. The van der Waals surface area contributed by atoms with Gasteiger partial charge in [-0.1, -0.05) is 54.6 Å². The van der Waals surface area contributed by atoms with Gasteiger partial charge in [0.2, 0.25) is 10.0 Å². The van der Waals surface area contributed by atoms with Crippen LogP contribution < -0.4 is 5.32 Å². The van der Waals surface area contributed by atoms with E-state index in [9.17, 15) is 8.42 Å². The van der Waals surface area contributed by atoms with Crippen LogP contribution in [0.25, 0.3) is 10.8 Å². The Balaban J connectivity index is 1.49. The summed E-state index contributed by atoms with van der Waals surface area (Å²) in [7, 11) is -3.48. The second kappa shape index (κ2) is 8.63. The van der Waals surface area contributed by atoms with Gasteiger partial charge in [-0.05, 0) is 41.0 Å². The highest BCUT2D eigenvalue weighted by molar-refractivity contribution is 7.89. The maximum Gasteiger partial charge on any atom is 0.243 e. The molecule has 1 atom stereocenters. The van der Waals surface area contributed by atoms with Crippen LogP contribution in [0.15, 0.2) is 71.6 Å². The summed E-state index contributed by atoms with van der Waals surface area (Å²) in [5.74, 6) is 0. The fourth-order valence-corrected chi connectivity index (χ4v) is 5.24. The fraction of sp³-hybridized carbons (Fsp3) is 0.304. The molecule has 0 aromatic heterocycles. The zero-order valence-electron chi connectivity index (χ0n) is 16.5. The van der Waals surface area contributed by atoms with E-state index in [0.29, 0.717) is 37.7 Å². The maximum atomic E-state index is 12.9. The van der Waals surface area contributed by atoms with Crippen molar-refractivity contribution in [3.8, 4) is 0 Å². The van der Waals surface area contributed by atoms with Crippen LogP contribution in [-0.2, 0) is 21.3 Å². The summed E-state index contributed by atoms with van der Waals surface area (Å²) in [6, 6.07) is 22.0. The fourth-order valence-electron chi connectivity index (χ4n) is 3.76. The number of hydrogen-bond acceptors (Lipinski definition) is 4. The number of nitrogens with one attached hydrogen (secondary N) is 1. The minimum atomic E-state index is -3.48. The van der Waals surface area contributed by atoms with Crippen molar-refractivity contribution in [2.75, 3.05) is 26.3 Å². The largest absolute Gasteiger partial charge is 0.379 e. The Morgan fingerprint density at radius 1 is 1.00 bits per heavy atom. The van der Waals surface area contributed by atoms with Gasteiger partial charge in [-0.3, -0.25) is 0 Å². The number of morpholine rings is 1. The van der Waals surface area contributed by atoms with Crippen LogP contribution in [-0.4, -0.2) is 39.0 Å². The van der Waals surface area contributed by atoms with Gasteiger partial charge < -0.3 is 10.1 Å². The molecule has 1 heterocycles. The van der Waals surface area contributed by atoms with E-state index < -0.39 is 10.0 Å². The van der Waals surface area contributed by atoms with Crippen molar-refractivity contribution in [3.05, 3.63) is 77.9 Å². The molecule has 4 rings (SSSR count). The summed E-state index contributed by atoms with van der Waals surface area (Å²) in [6.45, 7) is 4.44. The van der Waals surface area contributed by atoms with Crippen molar-refractivity contribution in [3.63, 3.8) is 0 Å². The minimum Gasteiger partial charge on any atom is -0.379 e. The summed E-state index contributed by atoms with van der Waals surface area (Å²) >= 11 is 0. The molecule has 1 fully saturated rings. The molecular weight excluding hydrogens is 384 g/mol. The second-order valence-corrected chi connectivity index (χ2v) is 9.27. The topological polar surface area (TPSA) is 58.6 Å². The highest BCUT2D eigenvalue weighted by atomic mass is 32.2. The van der Waals surface area contributed by atoms with Crippen LogP contribution in [0.5, 0.6) is 0 Å². The third kappa shape index (κ3) is 4.36. The standard InChI is InChI=1S/C23H26N2O3S/c1-18(22-11-5-8-20-7-2-3-10-23(20)22)24-17-19-6-4-9-21(16-19)29(26,27)25-12-14-28-15-13-25/h2-11,16,18,24H,12-15,17H2,1H3/t18-/m1/s1. The van der Waals surface area contributed by atoms with Crippen LogP contribution in [0.4, 0.5) is 0 Å². The van der Waals surface area contributed by atoms with Crippen molar-refractivity contribution >= 4 is 20.8 Å². The Bertz CT molecular complexity index is 1090. The zero-order chi connectivity index (χ0) is 20.3. The molecule has 0 bridgehead atoms. The molecule has 1 aliphatic heterocycles. The predicted octanol–water partition coefficient (Wildman–Crippen LogP) is 3.71. The SMILES string of the molecule is C[C@@H](NCc1cccc(S(=O)(=O)N2CCOCC2)c1)c1cccc2ccccc12. The van der Waals surface area contributed by atoms with Crippen molar-refractivity contribution in [1.29, 1.82) is 0 Å². The van der Waals surface area contributed by atoms with E-state index in [-0.39, 0.29) is 6.04 Å². The predicted molar refractivity (Wildman–Crippen MR) is 115 cm³/mol. The Kier molecular flexibility index (Phi) is 5.96. The molecule has 0 radical (unpaired) electrons. The summed E-state index contributed by atoms with van der Waals surface area (Å²) in [5.41, 5.74) is 2.19. The molecule has 152 valence electrons. The van der Waals surface area contributed by atoms with Crippen molar-refractivity contribution in [2.45, 2.75) is 24.4 Å². The Morgan fingerprint density at radius 2 is 1.72 bits per heavy atom. The quantitative estimate of drug-likeness (QED) is 0.673. The van der Waals surface area contributed by atoms with Gasteiger partial charge in [0.1, 0.15) is 0 Å². The first-order chi connectivity index (χ1) is 14.1. The number of ether oxygens (including phenoxy) is 1. The molecule has 0 unspecified atom stereocenters. The van der Waals surface area contributed by atoms with E-state index in [2.05, 4.69) is 48.6 Å². The Morgan fingerprint density at radius 3 is 2.55 bits per heavy atom. The molecule has 1 N–H and O–H groups in total. The van der Waals surface area contributed by atoms with Gasteiger partial charge in [-0.15, -0.1) is 0 Å². The van der Waals surface area contributed by atoms with E-state index in [1.54, 1.807) is 12.1 Å². The number of fused-ring (bicyclic) bond motifs is 1. The van der Waals surface area contributed by atoms with E-state index in [0.717, 1.165) is 5.56 Å². The molecule has 6 heteroatoms. The normalized spacial score (nSPS) is 16.7. The monoisotopic (exact) mass is 410 g/mol. The Labute approximate surface area is 172 Å². The lowest BCUT2D eigenvalue weighted by molar-refractivity contribution is 0.0730. The molecule has 1 aliphatic rings. The lowest BCUT2D eigenvalue weighted by Gasteiger charge is -2.26. The lowest BCUT2D eigenvalue weighted by atomic mass is 9.99. The van der Waals surface area contributed by atoms with Gasteiger partial charge in [0.15, 0.2) is 0 Å². The lowest BCUT2D eigenvalue weighted by Crippen LogP contribution is -2.40. The van der Waals surface area contributed by atoms with E-state index in [1.165, 1.54) is 20.6 Å². The van der Waals surface area contributed by atoms with E-state index in [4.69, 9.17) is 4.74 Å². The molecule has 3 aromatic rings. The summed E-state index contributed by atoms with van der Waals surface area (Å²) in [4.78, 5) is 0.344. The van der Waals surface area contributed by atoms with Gasteiger partial charge in [0.25, 0.3) is 0 Å². The molecule has 1 saturated heterocycles. The smallest absolute Gasteiger partial charge is 0.243 e. The van der Waals surface area contributed by atoms with E-state index in [1.807, 2.05) is 18.2 Å². The van der Waals surface area contributed by atoms with E-state index >= 15 is 0 Å². The van der Waals surface area contributed by atoms with Gasteiger partial charge in [0.05, 0.1) is 18.1 Å². The molecule has 3 aromatic carbocycles. The molecule has 0 amide bonds. The summed E-state index contributed by atoms with van der Waals surface area (Å²) < 4.78 is 32.6. The number of benzene rings is 3. The third-order valence-corrected chi connectivity index (χ3v) is 7.30. The van der Waals surface area contributed by atoms with Crippen molar-refractivity contribution < 1.29 is 13.2 Å². The van der Waals surface area contributed by atoms with Crippen molar-refractivity contribution in [1.82, 2.24) is 9.62 Å². The zero-order valence-corrected chi connectivity index (χ0v) is 17.4. The summed E-state index contributed by atoms with van der Waals surface area (Å²) in [6.07, 6.45) is 0. The molecule has 0 saturated carbocycles. The van der Waals surface area contributed by atoms with Crippen LogP contribution in [0.2, 0.25) is 0 Å². The first-order valence-electron chi connectivity index (χ1n) is 9.93. The highest BCUT2D eigenvalue weighted by Gasteiger charge is 2.26. The number of nitrogens with zero attached hydrogens (tertiary/aromatic N) is 1. The van der Waals surface area contributed by atoms with Crippen LogP contribution in [0.3, 0.4) is 0 Å². The van der Waals surface area contributed by atoms with Crippen LogP contribution >= 0.6 is 0 Å². The maximum absolute atomic E-state index is 12.9. The first-order valence-corrected chi connectivity index (χ1v) is 11.4. The average molecular weight is 411 g/mol. The third-order valence-electron chi connectivity index (χ3n) is 5.41. The Hall–Kier alpha value is -2.25. The average Bonchev–Trinajstić information content (AvgIpc) is 2.78. The van der Waals surface area contributed by atoms with Crippen LogP contribution in [0.1, 0.15) is 24.1 Å². The number of sulfonamides is 1. The summed E-state index contributed by atoms with van der Waals surface area (Å²) in [5, 5.41) is 5.99. The van der Waals surface area contributed by atoms with Gasteiger partial charge in [-0.2, -0.15) is 4.31 Å². The number of rotatable bonds is 6. The molecule has 5 nitrogen and oxygen atoms in total. The first kappa shape index (κ1) is 20.0. The van der Waals surface area contributed by atoms with Gasteiger partial charge >= 0.3 is 0 Å².